The van der Waals surface area contributed by atoms with E-state index in [0.717, 1.165) is 5.56 Å². The minimum Gasteiger partial charge on any atom is -0.288 e. The predicted octanol–water partition coefficient (Wildman–Crippen LogP) is 2.45. The van der Waals surface area contributed by atoms with Crippen molar-refractivity contribution in [2.75, 3.05) is 5.32 Å². The Morgan fingerprint density at radius 3 is 3.00 bits per heavy atom. The van der Waals surface area contributed by atoms with Gasteiger partial charge < -0.3 is 0 Å². The van der Waals surface area contributed by atoms with Gasteiger partial charge in [-0.1, -0.05) is 23.7 Å². The molecule has 0 spiro atoms. The van der Waals surface area contributed by atoms with Crippen molar-refractivity contribution in [2.45, 2.75) is 20.0 Å². The Hall–Kier alpha value is -2.67. The lowest BCUT2D eigenvalue weighted by Gasteiger charge is -2.04. The van der Waals surface area contributed by atoms with Crippen LogP contribution in [0.1, 0.15) is 23.0 Å². The molecule has 1 aromatic carbocycles. The number of halogens is 1. The van der Waals surface area contributed by atoms with Crippen molar-refractivity contribution in [1.82, 2.24) is 24.5 Å². The number of carbonyl (C=O) groups is 1. The number of anilines is 1. The van der Waals surface area contributed by atoms with Crippen molar-refractivity contribution in [2.24, 2.45) is 0 Å². The fraction of sp³-hybridized carbons (Fsp3) is 0.200. The molecule has 0 saturated heterocycles. The average molecular weight is 331 g/mol. The van der Waals surface area contributed by atoms with E-state index >= 15 is 0 Å². The lowest BCUT2D eigenvalue weighted by atomic mass is 10.2. The number of nitrogens with one attached hydrogen (secondary N) is 1. The molecular formula is C15H15ClN6O. The second-order valence-corrected chi connectivity index (χ2v) is 5.32. The monoisotopic (exact) mass is 330 g/mol. The first-order valence-electron chi connectivity index (χ1n) is 7.13. The van der Waals surface area contributed by atoms with E-state index in [4.69, 9.17) is 11.6 Å². The van der Waals surface area contributed by atoms with E-state index in [1.165, 1.54) is 0 Å². The third-order valence-corrected chi connectivity index (χ3v) is 3.48. The van der Waals surface area contributed by atoms with Gasteiger partial charge in [-0.15, -0.1) is 5.10 Å². The van der Waals surface area contributed by atoms with Crippen LogP contribution in [0.25, 0.3) is 0 Å². The number of aromatic nitrogens is 5. The number of rotatable bonds is 5. The molecule has 0 unspecified atom stereocenters. The zero-order chi connectivity index (χ0) is 16.2. The smallest absolute Gasteiger partial charge is 0.276 e. The van der Waals surface area contributed by atoms with Gasteiger partial charge in [0.25, 0.3) is 5.91 Å². The fourth-order valence-electron chi connectivity index (χ4n) is 2.19. The summed E-state index contributed by atoms with van der Waals surface area (Å²) in [4.78, 5) is 16.3. The molecule has 0 aliphatic rings. The fourth-order valence-corrected chi connectivity index (χ4v) is 2.41. The molecule has 0 aliphatic heterocycles. The van der Waals surface area contributed by atoms with Crippen molar-refractivity contribution in [3.63, 3.8) is 0 Å². The van der Waals surface area contributed by atoms with Gasteiger partial charge in [-0.3, -0.25) is 14.8 Å². The zero-order valence-corrected chi connectivity index (χ0v) is 13.2. The maximum atomic E-state index is 12.2. The molecule has 1 amide bonds. The molecule has 8 heteroatoms. The Balaban J connectivity index is 1.69. The Bertz CT molecular complexity index is 825. The molecule has 7 nitrogen and oxygen atoms in total. The first-order chi connectivity index (χ1) is 11.2. The van der Waals surface area contributed by atoms with Crippen LogP contribution in [-0.2, 0) is 13.1 Å². The summed E-state index contributed by atoms with van der Waals surface area (Å²) in [5.41, 5.74) is 1.48. The molecule has 0 bridgehead atoms. The van der Waals surface area contributed by atoms with Crippen molar-refractivity contribution in [3.8, 4) is 0 Å². The lowest BCUT2D eigenvalue weighted by molar-refractivity contribution is 0.101. The summed E-state index contributed by atoms with van der Waals surface area (Å²) in [6.07, 6.45) is 3.15. The van der Waals surface area contributed by atoms with Crippen LogP contribution >= 0.6 is 11.6 Å². The van der Waals surface area contributed by atoms with E-state index in [-0.39, 0.29) is 11.9 Å². The highest BCUT2D eigenvalue weighted by atomic mass is 35.5. The highest BCUT2D eigenvalue weighted by Crippen LogP contribution is 2.12. The normalized spacial score (nSPS) is 10.7. The van der Waals surface area contributed by atoms with Gasteiger partial charge >= 0.3 is 0 Å². The van der Waals surface area contributed by atoms with Crippen LogP contribution in [0.4, 0.5) is 5.95 Å². The van der Waals surface area contributed by atoms with Crippen molar-refractivity contribution < 1.29 is 4.79 Å². The SMILES string of the molecule is CCn1nccc1C(=O)Nc1ncn(Cc2cccc(Cl)c2)n1. The molecule has 3 rings (SSSR count). The van der Waals surface area contributed by atoms with Crippen LogP contribution in [0.15, 0.2) is 42.9 Å². The molecule has 2 heterocycles. The van der Waals surface area contributed by atoms with E-state index in [1.807, 2.05) is 31.2 Å². The first-order valence-corrected chi connectivity index (χ1v) is 7.50. The minimum absolute atomic E-state index is 0.251. The van der Waals surface area contributed by atoms with Gasteiger partial charge in [0.1, 0.15) is 12.0 Å². The van der Waals surface area contributed by atoms with Gasteiger partial charge in [-0.25, -0.2) is 9.67 Å². The third-order valence-electron chi connectivity index (χ3n) is 3.24. The molecular weight excluding hydrogens is 316 g/mol. The molecule has 0 atom stereocenters. The molecule has 0 radical (unpaired) electrons. The van der Waals surface area contributed by atoms with Crippen molar-refractivity contribution in [3.05, 3.63) is 59.1 Å². The number of hydrogen-bond acceptors (Lipinski definition) is 4. The summed E-state index contributed by atoms with van der Waals surface area (Å²) in [7, 11) is 0. The summed E-state index contributed by atoms with van der Waals surface area (Å²) >= 11 is 5.96. The van der Waals surface area contributed by atoms with Gasteiger partial charge in [0.15, 0.2) is 0 Å². The Kier molecular flexibility index (Phi) is 4.38. The number of amides is 1. The zero-order valence-electron chi connectivity index (χ0n) is 12.5. The summed E-state index contributed by atoms with van der Waals surface area (Å²) in [6, 6.07) is 9.16. The maximum absolute atomic E-state index is 12.2. The number of aryl methyl sites for hydroxylation is 1. The van der Waals surface area contributed by atoms with Crippen LogP contribution < -0.4 is 5.32 Å². The Labute approximate surface area is 137 Å². The van der Waals surface area contributed by atoms with Crippen LogP contribution in [0.5, 0.6) is 0 Å². The molecule has 3 aromatic rings. The quantitative estimate of drug-likeness (QED) is 0.779. The largest absolute Gasteiger partial charge is 0.288 e. The Morgan fingerprint density at radius 1 is 1.35 bits per heavy atom. The van der Waals surface area contributed by atoms with Gasteiger partial charge in [-0.2, -0.15) is 5.10 Å². The second kappa shape index (κ2) is 6.62. The summed E-state index contributed by atoms with van der Waals surface area (Å²) in [6.45, 7) is 3.06. The highest BCUT2D eigenvalue weighted by Gasteiger charge is 2.13. The molecule has 0 saturated carbocycles. The maximum Gasteiger partial charge on any atom is 0.276 e. The third kappa shape index (κ3) is 3.57. The van der Waals surface area contributed by atoms with Crippen molar-refractivity contribution in [1.29, 1.82) is 0 Å². The predicted molar refractivity (Wildman–Crippen MR) is 86.4 cm³/mol. The van der Waals surface area contributed by atoms with Crippen LogP contribution in [0.3, 0.4) is 0 Å². The molecule has 118 valence electrons. The topological polar surface area (TPSA) is 77.6 Å². The van der Waals surface area contributed by atoms with Crippen LogP contribution in [0, 0.1) is 0 Å². The van der Waals surface area contributed by atoms with Crippen LogP contribution in [-0.4, -0.2) is 30.5 Å². The van der Waals surface area contributed by atoms with Gasteiger partial charge in [0.2, 0.25) is 5.95 Å². The summed E-state index contributed by atoms with van der Waals surface area (Å²) in [5, 5.41) is 11.6. The van der Waals surface area contributed by atoms with E-state index in [2.05, 4.69) is 20.5 Å². The van der Waals surface area contributed by atoms with Gasteiger partial charge in [0.05, 0.1) is 6.54 Å². The molecule has 0 aliphatic carbocycles. The van der Waals surface area contributed by atoms with E-state index in [1.54, 1.807) is 28.0 Å². The number of nitrogens with zero attached hydrogens (tertiary/aromatic N) is 5. The second-order valence-electron chi connectivity index (χ2n) is 4.88. The molecule has 1 N–H and O–H groups in total. The number of carbonyl (C=O) groups excluding carboxylic acids is 1. The molecule has 2 aromatic heterocycles. The first kappa shape index (κ1) is 15.2. The van der Waals surface area contributed by atoms with Gasteiger partial charge in [-0.05, 0) is 30.7 Å². The van der Waals surface area contributed by atoms with E-state index < -0.39 is 0 Å². The van der Waals surface area contributed by atoms with E-state index in [0.29, 0.717) is 23.8 Å². The minimum atomic E-state index is -0.287. The van der Waals surface area contributed by atoms with E-state index in [9.17, 15) is 4.79 Å². The standard InChI is InChI=1S/C15H15ClN6O/c1-2-22-13(6-7-18-22)14(23)19-15-17-10-21(20-15)9-11-4-3-5-12(16)8-11/h3-8,10H,2,9H2,1H3,(H,19,20,23). The molecule has 23 heavy (non-hydrogen) atoms. The van der Waals surface area contributed by atoms with Gasteiger partial charge in [0, 0.05) is 17.8 Å². The molecule has 0 fully saturated rings. The summed E-state index contributed by atoms with van der Waals surface area (Å²) in [5.74, 6) is -0.0364. The number of benzene rings is 1. The average Bonchev–Trinajstić information content (AvgIpc) is 3.16. The summed E-state index contributed by atoms with van der Waals surface area (Å²) < 4.78 is 3.25. The Morgan fingerprint density at radius 2 is 2.22 bits per heavy atom. The number of hydrogen-bond donors (Lipinski definition) is 1. The highest BCUT2D eigenvalue weighted by molar-refractivity contribution is 6.30. The van der Waals surface area contributed by atoms with Crippen molar-refractivity contribution >= 4 is 23.5 Å². The van der Waals surface area contributed by atoms with Crippen LogP contribution in [0.2, 0.25) is 5.02 Å². The lowest BCUT2D eigenvalue weighted by Crippen LogP contribution is -2.18.